The van der Waals surface area contributed by atoms with Gasteiger partial charge in [-0.3, -0.25) is 9.48 Å². The minimum absolute atomic E-state index is 0.0749. The van der Waals surface area contributed by atoms with E-state index in [1.807, 2.05) is 28.9 Å². The fourth-order valence-corrected chi connectivity index (χ4v) is 3.93. The van der Waals surface area contributed by atoms with Gasteiger partial charge in [-0.1, -0.05) is 26.0 Å². The van der Waals surface area contributed by atoms with Crippen LogP contribution in [0.15, 0.2) is 30.3 Å². The summed E-state index contributed by atoms with van der Waals surface area (Å²) in [5.74, 6) is 0.229. The average molecular weight is 371 g/mol. The molecular weight excluding hydrogens is 344 g/mol. The summed E-state index contributed by atoms with van der Waals surface area (Å²) in [5, 5.41) is 5.55. The molecule has 2 aromatic heterocycles. The van der Waals surface area contributed by atoms with Crippen molar-refractivity contribution >= 4 is 27.5 Å². The summed E-state index contributed by atoms with van der Waals surface area (Å²) in [6.45, 7) is 11.0. The highest BCUT2D eigenvalue weighted by Crippen LogP contribution is 2.25. The standard InChI is InChI=1S/C20H26N4OS/c1-13(2)16-11-15(22-24(16)20(3,4)5)19(25)23(6)12-18-21-14-9-7-8-10-17(14)26-18/h7-11,13H,12H2,1-6H3. The van der Waals surface area contributed by atoms with Gasteiger partial charge in [0.25, 0.3) is 5.91 Å². The first-order chi connectivity index (χ1) is 12.2. The fraction of sp³-hybridized carbons (Fsp3) is 0.450. The van der Waals surface area contributed by atoms with Crippen LogP contribution in [0.2, 0.25) is 0 Å². The molecule has 0 radical (unpaired) electrons. The van der Waals surface area contributed by atoms with E-state index in [1.165, 1.54) is 0 Å². The van der Waals surface area contributed by atoms with E-state index < -0.39 is 0 Å². The fourth-order valence-electron chi connectivity index (χ4n) is 2.91. The van der Waals surface area contributed by atoms with Crippen molar-refractivity contribution in [3.63, 3.8) is 0 Å². The van der Waals surface area contributed by atoms with Gasteiger partial charge in [0.1, 0.15) is 5.01 Å². The number of nitrogens with zero attached hydrogens (tertiary/aromatic N) is 4. The Morgan fingerprint density at radius 1 is 1.27 bits per heavy atom. The Morgan fingerprint density at radius 2 is 1.96 bits per heavy atom. The van der Waals surface area contributed by atoms with Crippen molar-refractivity contribution in [3.05, 3.63) is 46.7 Å². The topological polar surface area (TPSA) is 51.0 Å². The second-order valence-corrected chi connectivity index (χ2v) is 9.04. The van der Waals surface area contributed by atoms with Gasteiger partial charge < -0.3 is 4.90 Å². The molecule has 0 aliphatic rings. The van der Waals surface area contributed by atoms with Crippen LogP contribution in [0.4, 0.5) is 0 Å². The molecule has 1 amide bonds. The summed E-state index contributed by atoms with van der Waals surface area (Å²) >= 11 is 1.63. The van der Waals surface area contributed by atoms with Crippen LogP contribution < -0.4 is 0 Å². The molecule has 3 rings (SSSR count). The molecule has 5 nitrogen and oxygen atoms in total. The SMILES string of the molecule is CC(C)c1cc(C(=O)N(C)Cc2nc3ccccc3s2)nn1C(C)(C)C. The average Bonchev–Trinajstić information content (AvgIpc) is 3.17. The summed E-state index contributed by atoms with van der Waals surface area (Å²) in [6.07, 6.45) is 0. The Labute approximate surface area is 158 Å². The number of rotatable bonds is 4. The van der Waals surface area contributed by atoms with E-state index in [4.69, 9.17) is 0 Å². The second kappa shape index (κ2) is 6.83. The molecule has 0 fully saturated rings. The lowest BCUT2D eigenvalue weighted by Gasteiger charge is -2.23. The number of fused-ring (bicyclic) bond motifs is 1. The minimum Gasteiger partial charge on any atom is -0.334 e. The maximum absolute atomic E-state index is 12.9. The van der Waals surface area contributed by atoms with Crippen LogP contribution in [0.3, 0.4) is 0 Å². The zero-order valence-electron chi connectivity index (χ0n) is 16.3. The summed E-state index contributed by atoms with van der Waals surface area (Å²) in [5.41, 5.74) is 2.39. The summed E-state index contributed by atoms with van der Waals surface area (Å²) in [6, 6.07) is 9.96. The zero-order valence-corrected chi connectivity index (χ0v) is 17.1. The molecule has 138 valence electrons. The predicted octanol–water partition coefficient (Wildman–Crippen LogP) is 4.64. The number of aromatic nitrogens is 3. The molecule has 0 unspecified atom stereocenters. The van der Waals surface area contributed by atoms with Crippen molar-refractivity contribution in [1.82, 2.24) is 19.7 Å². The quantitative estimate of drug-likeness (QED) is 0.672. The Bertz CT molecular complexity index is 900. The van der Waals surface area contributed by atoms with Crippen LogP contribution in [-0.2, 0) is 12.1 Å². The first-order valence-electron chi connectivity index (χ1n) is 8.87. The Hall–Kier alpha value is -2.21. The summed E-state index contributed by atoms with van der Waals surface area (Å²) in [7, 11) is 1.81. The van der Waals surface area contributed by atoms with Crippen LogP contribution in [0.25, 0.3) is 10.2 Å². The number of thiazole rings is 1. The van der Waals surface area contributed by atoms with Gasteiger partial charge >= 0.3 is 0 Å². The maximum atomic E-state index is 12.9. The van der Waals surface area contributed by atoms with Gasteiger partial charge in [-0.05, 0) is 44.9 Å². The normalized spacial score (nSPS) is 12.1. The molecule has 0 N–H and O–H groups in total. The van der Waals surface area contributed by atoms with Gasteiger partial charge in [0.05, 0.1) is 22.3 Å². The molecule has 0 bridgehead atoms. The lowest BCUT2D eigenvalue weighted by Crippen LogP contribution is -2.28. The Kier molecular flexibility index (Phi) is 4.88. The smallest absolute Gasteiger partial charge is 0.274 e. The van der Waals surface area contributed by atoms with E-state index in [0.29, 0.717) is 18.2 Å². The van der Waals surface area contributed by atoms with Gasteiger partial charge in [0, 0.05) is 12.7 Å². The van der Waals surface area contributed by atoms with Crippen molar-refractivity contribution in [1.29, 1.82) is 0 Å². The van der Waals surface area contributed by atoms with E-state index in [0.717, 1.165) is 20.9 Å². The van der Waals surface area contributed by atoms with E-state index in [1.54, 1.807) is 23.3 Å². The van der Waals surface area contributed by atoms with Gasteiger partial charge in [0.15, 0.2) is 5.69 Å². The highest BCUT2D eigenvalue weighted by molar-refractivity contribution is 7.18. The number of benzene rings is 1. The Balaban J connectivity index is 1.84. The molecule has 3 aromatic rings. The molecule has 0 aliphatic carbocycles. The molecular formula is C20H26N4OS. The van der Waals surface area contributed by atoms with Crippen molar-refractivity contribution in [3.8, 4) is 0 Å². The van der Waals surface area contributed by atoms with Crippen molar-refractivity contribution in [2.75, 3.05) is 7.05 Å². The molecule has 26 heavy (non-hydrogen) atoms. The van der Waals surface area contributed by atoms with Crippen LogP contribution >= 0.6 is 11.3 Å². The second-order valence-electron chi connectivity index (χ2n) is 7.93. The number of carbonyl (C=O) groups excluding carboxylic acids is 1. The van der Waals surface area contributed by atoms with E-state index >= 15 is 0 Å². The third-order valence-electron chi connectivity index (χ3n) is 4.24. The molecule has 0 aliphatic heterocycles. The zero-order chi connectivity index (χ0) is 19.1. The lowest BCUT2D eigenvalue weighted by atomic mass is 10.1. The van der Waals surface area contributed by atoms with Crippen molar-refractivity contribution < 1.29 is 4.79 Å². The first-order valence-corrected chi connectivity index (χ1v) is 9.69. The number of para-hydroxylation sites is 1. The third kappa shape index (κ3) is 3.65. The van der Waals surface area contributed by atoms with Gasteiger partial charge in [0.2, 0.25) is 0 Å². The van der Waals surface area contributed by atoms with Crippen LogP contribution in [0, 0.1) is 0 Å². The maximum Gasteiger partial charge on any atom is 0.274 e. The highest BCUT2D eigenvalue weighted by atomic mass is 32.1. The van der Waals surface area contributed by atoms with E-state index in [9.17, 15) is 4.79 Å². The molecule has 0 saturated heterocycles. The number of carbonyl (C=O) groups is 1. The number of hydrogen-bond acceptors (Lipinski definition) is 4. The van der Waals surface area contributed by atoms with Gasteiger partial charge in [-0.15, -0.1) is 11.3 Å². The molecule has 0 saturated carbocycles. The van der Waals surface area contributed by atoms with Crippen LogP contribution in [-0.4, -0.2) is 32.6 Å². The van der Waals surface area contributed by atoms with Crippen LogP contribution in [0.1, 0.15) is 61.7 Å². The summed E-state index contributed by atoms with van der Waals surface area (Å²) in [4.78, 5) is 19.2. The van der Waals surface area contributed by atoms with Crippen LogP contribution in [0.5, 0.6) is 0 Å². The molecule has 0 atom stereocenters. The van der Waals surface area contributed by atoms with E-state index in [-0.39, 0.29) is 11.4 Å². The number of amides is 1. The molecule has 0 spiro atoms. The third-order valence-corrected chi connectivity index (χ3v) is 5.26. The van der Waals surface area contributed by atoms with Crippen molar-refractivity contribution in [2.45, 2.75) is 52.6 Å². The molecule has 2 heterocycles. The molecule has 6 heteroatoms. The summed E-state index contributed by atoms with van der Waals surface area (Å²) < 4.78 is 3.11. The van der Waals surface area contributed by atoms with Gasteiger partial charge in [-0.25, -0.2) is 4.98 Å². The van der Waals surface area contributed by atoms with Crippen molar-refractivity contribution in [2.24, 2.45) is 0 Å². The minimum atomic E-state index is -0.163. The largest absolute Gasteiger partial charge is 0.334 e. The monoisotopic (exact) mass is 370 g/mol. The van der Waals surface area contributed by atoms with Gasteiger partial charge in [-0.2, -0.15) is 5.10 Å². The van der Waals surface area contributed by atoms with E-state index in [2.05, 4.69) is 50.8 Å². The first kappa shape index (κ1) is 18.6. The number of hydrogen-bond donors (Lipinski definition) is 0. The highest BCUT2D eigenvalue weighted by Gasteiger charge is 2.25. The Morgan fingerprint density at radius 3 is 2.54 bits per heavy atom. The predicted molar refractivity (Wildman–Crippen MR) is 107 cm³/mol. The lowest BCUT2D eigenvalue weighted by molar-refractivity contribution is 0.0777. The molecule has 1 aromatic carbocycles.